The minimum atomic E-state index is 0.799. The first-order chi connectivity index (χ1) is 5.24. The summed E-state index contributed by atoms with van der Waals surface area (Å²) in [5.41, 5.74) is 0. The fourth-order valence-electron chi connectivity index (χ4n) is 0.605. The molecule has 0 radical (unpaired) electrons. The molecule has 0 atom stereocenters. The quantitative estimate of drug-likeness (QED) is 0.615. The first-order valence-corrected chi connectivity index (χ1v) is 4.81. The van der Waals surface area contributed by atoms with Crippen LogP contribution in [0.5, 0.6) is 0 Å². The Balaban J connectivity index is 0.000000461. The summed E-state index contributed by atoms with van der Waals surface area (Å²) in [6.07, 6.45) is 2.00. The molecule has 1 rings (SSSR count). The second-order valence-electron chi connectivity index (χ2n) is 1.65. The van der Waals surface area contributed by atoms with E-state index in [-0.39, 0.29) is 0 Å². The Kier molecular flexibility index (Phi) is 5.07. The van der Waals surface area contributed by atoms with Gasteiger partial charge >= 0.3 is 0 Å². The van der Waals surface area contributed by atoms with Gasteiger partial charge in [-0.2, -0.15) is 0 Å². The van der Waals surface area contributed by atoms with Gasteiger partial charge in [0.1, 0.15) is 0 Å². The Labute approximate surface area is 76.1 Å². The minimum Gasteiger partial charge on any atom is -0.337 e. The van der Waals surface area contributed by atoms with Gasteiger partial charge in [-0.3, -0.25) is 0 Å². The fraction of sp³-hybridized carbons (Fsp3) is 0.375. The zero-order valence-electron chi connectivity index (χ0n) is 7.10. The molecule has 0 aromatic carbocycles. The maximum absolute atomic E-state index is 4.89. The van der Waals surface area contributed by atoms with E-state index in [1.54, 1.807) is 11.3 Å². The summed E-state index contributed by atoms with van der Waals surface area (Å²) in [7, 11) is 0. The second kappa shape index (κ2) is 5.27. The molecule has 0 aliphatic carbocycles. The topological polar surface area (TPSA) is 15.8 Å². The molecule has 0 amide bonds. The van der Waals surface area contributed by atoms with E-state index in [1.807, 2.05) is 26.8 Å². The van der Waals surface area contributed by atoms with E-state index < -0.39 is 0 Å². The molecule has 0 aliphatic rings. The number of hydrogen-bond donors (Lipinski definition) is 1. The first-order valence-electron chi connectivity index (χ1n) is 3.58. The van der Waals surface area contributed by atoms with E-state index in [2.05, 4.69) is 11.6 Å². The van der Waals surface area contributed by atoms with Crippen molar-refractivity contribution in [2.75, 3.05) is 0 Å². The van der Waals surface area contributed by atoms with Crippen LogP contribution in [0, 0.1) is 3.95 Å². The van der Waals surface area contributed by atoms with Crippen molar-refractivity contribution in [2.45, 2.75) is 20.8 Å². The lowest BCUT2D eigenvalue weighted by Crippen LogP contribution is -2.17. The highest BCUT2D eigenvalue weighted by Crippen LogP contribution is 1.82. The summed E-state index contributed by atoms with van der Waals surface area (Å²) < 4.78 is 1.94. The van der Waals surface area contributed by atoms with Crippen LogP contribution in [-0.4, -0.2) is 4.98 Å². The maximum atomic E-state index is 4.89. The molecule has 0 saturated carbocycles. The van der Waals surface area contributed by atoms with Crippen LogP contribution in [-0.2, 0) is 0 Å². The summed E-state index contributed by atoms with van der Waals surface area (Å²) >= 11 is 6.45. The van der Waals surface area contributed by atoms with Gasteiger partial charge in [-0.15, -0.1) is 11.3 Å². The summed E-state index contributed by atoms with van der Waals surface area (Å²) in [5, 5.41) is 0.924. The molecule has 1 aromatic rings. The number of hydrogen-bond acceptors (Lipinski definition) is 2. The molecule has 62 valence electrons. The highest BCUT2D eigenvalue weighted by molar-refractivity contribution is 7.73. The summed E-state index contributed by atoms with van der Waals surface area (Å²) in [6.45, 7) is 9.74. The molecule has 1 aromatic heterocycles. The Hall–Kier alpha value is -0.410. The van der Waals surface area contributed by atoms with E-state index in [0.717, 1.165) is 13.8 Å². The molecule has 0 saturated heterocycles. The van der Waals surface area contributed by atoms with Gasteiger partial charge in [0.2, 0.25) is 0 Å². The average Bonchev–Trinajstić information content (AvgIpc) is 2.33. The summed E-state index contributed by atoms with van der Waals surface area (Å²) in [4.78, 5) is 2.95. The average molecular weight is 187 g/mol. The molecule has 0 aliphatic heterocycles. The van der Waals surface area contributed by atoms with E-state index in [4.69, 9.17) is 12.2 Å². The molecule has 1 heterocycles. The first kappa shape index (κ1) is 10.6. The van der Waals surface area contributed by atoms with Crippen LogP contribution in [0.2, 0.25) is 0 Å². The molecular weight excluding hydrogens is 174 g/mol. The van der Waals surface area contributed by atoms with E-state index in [1.165, 1.54) is 0 Å². The van der Waals surface area contributed by atoms with Crippen molar-refractivity contribution in [1.29, 1.82) is 0 Å². The number of H-pyrrole nitrogens is 1. The van der Waals surface area contributed by atoms with Crippen molar-refractivity contribution in [3.05, 3.63) is 13.8 Å². The van der Waals surface area contributed by atoms with Gasteiger partial charge in [0, 0.05) is 9.88 Å². The molecule has 3 heteroatoms. The molecular formula is C8H13NS2. The largest absolute Gasteiger partial charge is 0.337 e. The normalized spacial score (nSPS) is 10.6. The number of aromatic amines is 1. The number of rotatable bonds is 0. The Morgan fingerprint density at radius 1 is 1.55 bits per heavy atom. The molecule has 0 spiro atoms. The molecule has 0 fully saturated rings. The van der Waals surface area contributed by atoms with Crippen LogP contribution in [0.3, 0.4) is 0 Å². The second-order valence-corrected chi connectivity index (χ2v) is 3.36. The van der Waals surface area contributed by atoms with Crippen molar-refractivity contribution in [2.24, 2.45) is 0 Å². The standard InChI is InChI=1S/C6H7NS2.C2H6/c1-3-5-4(2)7-6(8)9-5;1-2/h3H,2H2,1H3,(H,7,8);1-2H3/b5-3+;. The van der Waals surface area contributed by atoms with Gasteiger partial charge in [0.05, 0.1) is 0 Å². The van der Waals surface area contributed by atoms with Gasteiger partial charge in [-0.1, -0.05) is 26.5 Å². The highest BCUT2D eigenvalue weighted by atomic mass is 32.1. The van der Waals surface area contributed by atoms with Crippen molar-refractivity contribution in [1.82, 2.24) is 4.98 Å². The van der Waals surface area contributed by atoms with E-state index in [0.29, 0.717) is 0 Å². The SMILES string of the molecule is C=c1[nH]c(=S)s/c1=C/C.CC. The highest BCUT2D eigenvalue weighted by Gasteiger charge is 1.82. The lowest BCUT2D eigenvalue weighted by Gasteiger charge is -1.66. The number of nitrogens with one attached hydrogen (secondary N) is 1. The fourth-order valence-corrected chi connectivity index (χ4v) is 1.66. The summed E-state index contributed by atoms with van der Waals surface area (Å²) in [6, 6.07) is 0. The van der Waals surface area contributed by atoms with Crippen molar-refractivity contribution < 1.29 is 0 Å². The third-order valence-electron chi connectivity index (χ3n) is 1.02. The Morgan fingerprint density at radius 3 is 2.27 bits per heavy atom. The number of thiazole rings is 1. The lowest BCUT2D eigenvalue weighted by molar-refractivity contribution is 1.31. The van der Waals surface area contributed by atoms with Gasteiger partial charge in [0.15, 0.2) is 3.95 Å². The molecule has 1 nitrogen and oxygen atoms in total. The van der Waals surface area contributed by atoms with Crippen molar-refractivity contribution in [3.63, 3.8) is 0 Å². The predicted molar refractivity (Wildman–Crippen MR) is 55.8 cm³/mol. The maximum Gasteiger partial charge on any atom is 0.159 e. The molecule has 11 heavy (non-hydrogen) atoms. The Bertz CT molecular complexity index is 345. The summed E-state index contributed by atoms with van der Waals surface area (Å²) in [5.74, 6) is 0. The van der Waals surface area contributed by atoms with Gasteiger partial charge in [-0.05, 0) is 19.1 Å². The lowest BCUT2D eigenvalue weighted by atomic mass is 10.6. The van der Waals surface area contributed by atoms with Crippen LogP contribution in [0.25, 0.3) is 12.7 Å². The van der Waals surface area contributed by atoms with Crippen LogP contribution >= 0.6 is 23.6 Å². The monoisotopic (exact) mass is 187 g/mol. The van der Waals surface area contributed by atoms with Crippen molar-refractivity contribution >= 4 is 36.2 Å². The predicted octanol–water partition coefficient (Wildman–Crippen LogP) is 2.04. The van der Waals surface area contributed by atoms with Crippen LogP contribution in [0.4, 0.5) is 0 Å². The van der Waals surface area contributed by atoms with Gasteiger partial charge in [-0.25, -0.2) is 0 Å². The Morgan fingerprint density at radius 2 is 2.09 bits per heavy atom. The van der Waals surface area contributed by atoms with E-state index in [9.17, 15) is 0 Å². The number of aromatic nitrogens is 1. The van der Waals surface area contributed by atoms with Crippen LogP contribution < -0.4 is 9.88 Å². The minimum absolute atomic E-state index is 0.799. The van der Waals surface area contributed by atoms with E-state index >= 15 is 0 Å². The van der Waals surface area contributed by atoms with Crippen LogP contribution in [0.1, 0.15) is 20.8 Å². The zero-order valence-corrected chi connectivity index (χ0v) is 8.73. The molecule has 0 unspecified atom stereocenters. The van der Waals surface area contributed by atoms with Crippen molar-refractivity contribution in [3.8, 4) is 0 Å². The third kappa shape index (κ3) is 2.99. The zero-order chi connectivity index (χ0) is 8.85. The smallest absolute Gasteiger partial charge is 0.159 e. The molecule has 1 N–H and O–H groups in total. The van der Waals surface area contributed by atoms with Crippen LogP contribution in [0.15, 0.2) is 0 Å². The third-order valence-corrected chi connectivity index (χ3v) is 2.36. The molecule has 0 bridgehead atoms. The van der Waals surface area contributed by atoms with Gasteiger partial charge in [0.25, 0.3) is 0 Å². The van der Waals surface area contributed by atoms with Gasteiger partial charge < -0.3 is 4.98 Å².